The van der Waals surface area contributed by atoms with Gasteiger partial charge in [0.1, 0.15) is 0 Å². The lowest BCUT2D eigenvalue weighted by Gasteiger charge is -2.11. The summed E-state index contributed by atoms with van der Waals surface area (Å²) in [5.74, 6) is 0.294. The molecule has 0 spiro atoms. The number of urea groups is 1. The minimum atomic E-state index is -0.772. The highest BCUT2D eigenvalue weighted by Gasteiger charge is 2.22. The van der Waals surface area contributed by atoms with E-state index in [2.05, 4.69) is 10.3 Å². The first-order valence-electron chi connectivity index (χ1n) is 6.70. The fraction of sp³-hybridized carbons (Fsp3) is 0.231. The van der Waals surface area contributed by atoms with Crippen molar-refractivity contribution in [1.29, 1.82) is 5.41 Å². The van der Waals surface area contributed by atoms with Crippen LogP contribution in [0.2, 0.25) is 0 Å². The minimum absolute atomic E-state index is 0.130. The first kappa shape index (κ1) is 13.9. The van der Waals surface area contributed by atoms with Crippen molar-refractivity contribution < 1.29 is 4.79 Å². The van der Waals surface area contributed by atoms with Gasteiger partial charge in [-0.25, -0.2) is 14.5 Å². The predicted molar refractivity (Wildman–Crippen MR) is 82.5 cm³/mol. The summed E-state index contributed by atoms with van der Waals surface area (Å²) in [4.78, 5) is 27.6. The Hall–Kier alpha value is -3.10. The van der Waals surface area contributed by atoms with E-state index in [0.717, 1.165) is 6.42 Å². The minimum Gasteiger partial charge on any atom is -0.382 e. The van der Waals surface area contributed by atoms with E-state index in [9.17, 15) is 9.59 Å². The van der Waals surface area contributed by atoms with E-state index in [-0.39, 0.29) is 22.7 Å². The molecule has 0 fully saturated rings. The molecule has 114 valence electrons. The Morgan fingerprint density at radius 2 is 2.05 bits per heavy atom. The van der Waals surface area contributed by atoms with Gasteiger partial charge in [0.15, 0.2) is 11.5 Å². The van der Waals surface area contributed by atoms with Gasteiger partial charge in [-0.15, -0.1) is 0 Å². The van der Waals surface area contributed by atoms with Gasteiger partial charge < -0.3 is 22.2 Å². The van der Waals surface area contributed by atoms with Gasteiger partial charge in [0.2, 0.25) is 0 Å². The SMILES string of the molecule is N=C1C=CC(=Nc2c(N)n3n(c2=O)CCC3)C(NC(N)=O)=C1. The van der Waals surface area contributed by atoms with Crippen LogP contribution < -0.4 is 22.3 Å². The number of carbonyl (C=O) groups excluding carboxylic acids is 1. The van der Waals surface area contributed by atoms with Crippen molar-refractivity contribution in [3.05, 3.63) is 34.3 Å². The zero-order valence-electron chi connectivity index (χ0n) is 11.7. The van der Waals surface area contributed by atoms with E-state index in [0.29, 0.717) is 24.6 Å². The van der Waals surface area contributed by atoms with Crippen molar-refractivity contribution in [3.8, 4) is 0 Å². The average Bonchev–Trinajstić information content (AvgIpc) is 3.00. The van der Waals surface area contributed by atoms with E-state index >= 15 is 0 Å². The molecule has 9 nitrogen and oxygen atoms in total. The molecule has 0 saturated heterocycles. The Morgan fingerprint density at radius 3 is 2.73 bits per heavy atom. The van der Waals surface area contributed by atoms with Crippen LogP contribution in [0.4, 0.5) is 16.3 Å². The smallest absolute Gasteiger partial charge is 0.316 e. The summed E-state index contributed by atoms with van der Waals surface area (Å²) in [5, 5.41) is 9.98. The number of anilines is 1. The van der Waals surface area contributed by atoms with Crippen molar-refractivity contribution in [2.24, 2.45) is 10.7 Å². The van der Waals surface area contributed by atoms with Gasteiger partial charge in [0.05, 0.1) is 17.1 Å². The summed E-state index contributed by atoms with van der Waals surface area (Å²) < 4.78 is 3.25. The molecule has 2 amide bonds. The largest absolute Gasteiger partial charge is 0.382 e. The van der Waals surface area contributed by atoms with Gasteiger partial charge >= 0.3 is 6.03 Å². The first-order valence-corrected chi connectivity index (χ1v) is 6.70. The molecule has 0 radical (unpaired) electrons. The van der Waals surface area contributed by atoms with Crippen LogP contribution in [-0.2, 0) is 13.1 Å². The number of fused-ring (bicyclic) bond motifs is 1. The second-order valence-corrected chi connectivity index (χ2v) is 4.97. The maximum absolute atomic E-state index is 12.3. The standard InChI is InChI=1S/C13H15N7O2/c14-7-2-3-8(9(6-7)18-13(16)22)17-10-11(15)19-4-1-5-20(19)12(10)21/h2-3,6,14H,1,4-5,15H2,(H3,16,18,22). The van der Waals surface area contributed by atoms with E-state index in [1.165, 1.54) is 18.2 Å². The number of hydrogen-bond acceptors (Lipinski definition) is 5. The van der Waals surface area contributed by atoms with E-state index in [1.807, 2.05) is 0 Å². The Bertz CT molecular complexity index is 822. The molecule has 0 atom stereocenters. The van der Waals surface area contributed by atoms with Gasteiger partial charge in [0, 0.05) is 13.1 Å². The van der Waals surface area contributed by atoms with Gasteiger partial charge in [0.25, 0.3) is 5.56 Å². The fourth-order valence-electron chi connectivity index (χ4n) is 2.52. The van der Waals surface area contributed by atoms with Crippen LogP contribution in [0, 0.1) is 5.41 Å². The number of aliphatic imine (C=N–C) groups is 1. The van der Waals surface area contributed by atoms with Crippen molar-refractivity contribution in [1.82, 2.24) is 14.7 Å². The highest BCUT2D eigenvalue weighted by Crippen LogP contribution is 2.23. The number of aromatic nitrogens is 2. The number of nitrogens with zero attached hydrogens (tertiary/aromatic N) is 3. The molecule has 22 heavy (non-hydrogen) atoms. The van der Waals surface area contributed by atoms with Crippen LogP contribution in [0.15, 0.2) is 33.7 Å². The lowest BCUT2D eigenvalue weighted by molar-refractivity contribution is 0.251. The second-order valence-electron chi connectivity index (χ2n) is 4.97. The van der Waals surface area contributed by atoms with Gasteiger partial charge in [-0.1, -0.05) is 0 Å². The molecule has 6 N–H and O–H groups in total. The normalized spacial score (nSPS) is 18.5. The molecule has 2 aliphatic rings. The maximum atomic E-state index is 12.3. The fourth-order valence-corrected chi connectivity index (χ4v) is 2.52. The molecular weight excluding hydrogens is 286 g/mol. The number of amides is 2. The van der Waals surface area contributed by atoms with Crippen molar-refractivity contribution in [2.45, 2.75) is 19.5 Å². The van der Waals surface area contributed by atoms with Crippen molar-refractivity contribution in [2.75, 3.05) is 5.73 Å². The number of nitrogens with one attached hydrogen (secondary N) is 2. The van der Waals surface area contributed by atoms with Crippen LogP contribution in [0.1, 0.15) is 6.42 Å². The summed E-state index contributed by atoms with van der Waals surface area (Å²) in [6.45, 7) is 1.28. The molecule has 0 unspecified atom stereocenters. The Morgan fingerprint density at radius 1 is 1.32 bits per heavy atom. The summed E-state index contributed by atoms with van der Waals surface area (Å²) in [5.41, 5.74) is 11.7. The van der Waals surface area contributed by atoms with Crippen LogP contribution in [-0.4, -0.2) is 26.8 Å². The Balaban J connectivity index is 2.06. The zero-order valence-corrected chi connectivity index (χ0v) is 11.7. The highest BCUT2D eigenvalue weighted by atomic mass is 16.2. The summed E-state index contributed by atoms with van der Waals surface area (Å²) in [7, 11) is 0. The predicted octanol–water partition coefficient (Wildman–Crippen LogP) is -0.150. The zero-order chi connectivity index (χ0) is 15.9. The Kier molecular flexibility index (Phi) is 3.17. The number of nitrogens with two attached hydrogens (primary N) is 2. The lowest BCUT2D eigenvalue weighted by atomic mass is 10.1. The number of nitrogen functional groups attached to an aromatic ring is 1. The van der Waals surface area contributed by atoms with Crippen LogP contribution >= 0.6 is 0 Å². The van der Waals surface area contributed by atoms with Gasteiger partial charge in [-0.05, 0) is 24.6 Å². The molecule has 1 aliphatic carbocycles. The van der Waals surface area contributed by atoms with Crippen LogP contribution in [0.25, 0.3) is 0 Å². The lowest BCUT2D eigenvalue weighted by Crippen LogP contribution is -2.33. The van der Waals surface area contributed by atoms with Crippen LogP contribution in [0.3, 0.4) is 0 Å². The summed E-state index contributed by atoms with van der Waals surface area (Å²) >= 11 is 0. The molecule has 9 heteroatoms. The molecule has 1 aromatic heterocycles. The number of primary amides is 1. The molecule has 3 rings (SSSR count). The second kappa shape index (κ2) is 5.02. The summed E-state index contributed by atoms with van der Waals surface area (Å²) in [6, 6.07) is -0.772. The highest BCUT2D eigenvalue weighted by molar-refractivity contribution is 6.21. The molecule has 1 aliphatic heterocycles. The Labute approximate surface area is 125 Å². The molecular formula is C13H15N7O2. The number of hydrogen-bond donors (Lipinski definition) is 4. The van der Waals surface area contributed by atoms with Crippen molar-refractivity contribution in [3.63, 3.8) is 0 Å². The number of allylic oxidation sites excluding steroid dienone is 3. The third kappa shape index (κ3) is 2.22. The van der Waals surface area contributed by atoms with E-state index < -0.39 is 6.03 Å². The van der Waals surface area contributed by atoms with E-state index in [4.69, 9.17) is 16.9 Å². The van der Waals surface area contributed by atoms with Gasteiger partial charge in [-0.2, -0.15) is 0 Å². The van der Waals surface area contributed by atoms with E-state index in [1.54, 1.807) is 9.36 Å². The molecule has 2 heterocycles. The van der Waals surface area contributed by atoms with Crippen molar-refractivity contribution >= 4 is 29.0 Å². The quantitative estimate of drug-likeness (QED) is 0.564. The number of carbonyl (C=O) groups is 1. The number of rotatable bonds is 2. The molecule has 0 aromatic carbocycles. The average molecular weight is 301 g/mol. The third-order valence-electron chi connectivity index (χ3n) is 3.48. The monoisotopic (exact) mass is 301 g/mol. The first-order chi connectivity index (χ1) is 10.5. The van der Waals surface area contributed by atoms with Crippen LogP contribution in [0.5, 0.6) is 0 Å². The third-order valence-corrected chi connectivity index (χ3v) is 3.48. The molecule has 0 bridgehead atoms. The maximum Gasteiger partial charge on any atom is 0.316 e. The van der Waals surface area contributed by atoms with Gasteiger partial charge in [-0.3, -0.25) is 9.48 Å². The molecule has 0 saturated carbocycles. The molecule has 1 aromatic rings. The topological polar surface area (TPSA) is 144 Å². The summed E-state index contributed by atoms with van der Waals surface area (Å²) in [6.07, 6.45) is 5.30.